The predicted octanol–water partition coefficient (Wildman–Crippen LogP) is 4.00. The maximum Gasteiger partial charge on any atom is 0.255 e. The summed E-state index contributed by atoms with van der Waals surface area (Å²) < 4.78 is 0. The van der Waals surface area contributed by atoms with Gasteiger partial charge < -0.3 is 15.1 Å². The number of amides is 2. The Morgan fingerprint density at radius 3 is 2.11 bits per heavy atom. The van der Waals surface area contributed by atoms with Crippen molar-refractivity contribution in [2.75, 3.05) is 36.4 Å². The molecule has 5 heteroatoms. The van der Waals surface area contributed by atoms with E-state index < -0.39 is 0 Å². The molecule has 28 heavy (non-hydrogen) atoms. The molecule has 5 nitrogen and oxygen atoms in total. The molecule has 0 bridgehead atoms. The molecule has 1 N–H and O–H groups in total. The second-order valence-electron chi connectivity index (χ2n) is 7.50. The molecule has 0 aromatic heterocycles. The standard InChI is InChI=1S/C23H29N3O2/c1-4-5-22(27)26-12-10-25(11-13-26)21-8-6-20(7-9-21)24-23(28)19-15-17(2)14-18(3)16-19/h6-9,14-16H,4-5,10-13H2,1-3H3,(H,24,28). The Balaban J connectivity index is 1.58. The highest BCUT2D eigenvalue weighted by Crippen LogP contribution is 2.21. The molecule has 0 spiro atoms. The first-order valence-corrected chi connectivity index (χ1v) is 9.98. The van der Waals surface area contributed by atoms with Crippen molar-refractivity contribution in [1.82, 2.24) is 4.90 Å². The van der Waals surface area contributed by atoms with Gasteiger partial charge in [0.15, 0.2) is 0 Å². The highest BCUT2D eigenvalue weighted by molar-refractivity contribution is 6.04. The van der Waals surface area contributed by atoms with Crippen molar-refractivity contribution >= 4 is 23.2 Å². The van der Waals surface area contributed by atoms with E-state index in [1.54, 1.807) is 0 Å². The summed E-state index contributed by atoms with van der Waals surface area (Å²) in [6.07, 6.45) is 1.53. The number of anilines is 2. The van der Waals surface area contributed by atoms with Crippen molar-refractivity contribution in [1.29, 1.82) is 0 Å². The Bertz CT molecular complexity index is 817. The van der Waals surface area contributed by atoms with E-state index in [-0.39, 0.29) is 11.8 Å². The first kappa shape index (κ1) is 19.9. The van der Waals surface area contributed by atoms with Crippen molar-refractivity contribution in [3.8, 4) is 0 Å². The average molecular weight is 380 g/mol. The fourth-order valence-electron chi connectivity index (χ4n) is 3.65. The lowest BCUT2D eigenvalue weighted by molar-refractivity contribution is -0.131. The van der Waals surface area contributed by atoms with E-state index in [4.69, 9.17) is 0 Å². The Hall–Kier alpha value is -2.82. The van der Waals surface area contributed by atoms with Crippen LogP contribution in [0.2, 0.25) is 0 Å². The molecule has 0 saturated carbocycles. The topological polar surface area (TPSA) is 52.7 Å². The quantitative estimate of drug-likeness (QED) is 0.854. The Morgan fingerprint density at radius 2 is 1.54 bits per heavy atom. The Labute approximate surface area is 167 Å². The van der Waals surface area contributed by atoms with Crippen LogP contribution in [-0.4, -0.2) is 42.9 Å². The van der Waals surface area contributed by atoms with E-state index in [0.717, 1.165) is 55.1 Å². The second kappa shape index (κ2) is 8.91. The van der Waals surface area contributed by atoms with Crippen LogP contribution in [0.3, 0.4) is 0 Å². The summed E-state index contributed by atoms with van der Waals surface area (Å²) in [5.41, 5.74) is 4.74. The summed E-state index contributed by atoms with van der Waals surface area (Å²) in [5, 5.41) is 2.97. The lowest BCUT2D eigenvalue weighted by atomic mass is 10.1. The van der Waals surface area contributed by atoms with Gasteiger partial charge in [0.2, 0.25) is 5.91 Å². The summed E-state index contributed by atoms with van der Waals surface area (Å²) in [6, 6.07) is 13.8. The number of nitrogens with one attached hydrogen (secondary N) is 1. The largest absolute Gasteiger partial charge is 0.368 e. The number of piperazine rings is 1. The van der Waals surface area contributed by atoms with Gasteiger partial charge in [-0.2, -0.15) is 0 Å². The third-order valence-electron chi connectivity index (χ3n) is 5.07. The molecule has 2 aromatic rings. The van der Waals surface area contributed by atoms with Crippen LogP contribution in [0, 0.1) is 13.8 Å². The van der Waals surface area contributed by atoms with Crippen LogP contribution in [0.1, 0.15) is 41.3 Å². The molecule has 2 aromatic carbocycles. The minimum Gasteiger partial charge on any atom is -0.368 e. The van der Waals surface area contributed by atoms with Gasteiger partial charge in [0.05, 0.1) is 0 Å². The van der Waals surface area contributed by atoms with Gasteiger partial charge in [-0.3, -0.25) is 9.59 Å². The van der Waals surface area contributed by atoms with Gasteiger partial charge in [-0.05, 0) is 56.7 Å². The van der Waals surface area contributed by atoms with Gasteiger partial charge in [0.1, 0.15) is 0 Å². The van der Waals surface area contributed by atoms with Crippen LogP contribution < -0.4 is 10.2 Å². The Morgan fingerprint density at radius 1 is 0.929 bits per heavy atom. The number of hydrogen-bond donors (Lipinski definition) is 1. The second-order valence-corrected chi connectivity index (χ2v) is 7.50. The van der Waals surface area contributed by atoms with Crippen molar-refractivity contribution in [2.45, 2.75) is 33.6 Å². The molecule has 0 radical (unpaired) electrons. The summed E-state index contributed by atoms with van der Waals surface area (Å²) in [7, 11) is 0. The highest BCUT2D eigenvalue weighted by atomic mass is 16.2. The van der Waals surface area contributed by atoms with E-state index in [2.05, 4.69) is 16.3 Å². The molecule has 1 fully saturated rings. The van der Waals surface area contributed by atoms with Crippen LogP contribution in [0.15, 0.2) is 42.5 Å². The van der Waals surface area contributed by atoms with Crippen molar-refractivity contribution in [3.05, 3.63) is 59.2 Å². The monoisotopic (exact) mass is 379 g/mol. The molecule has 1 saturated heterocycles. The lowest BCUT2D eigenvalue weighted by Gasteiger charge is -2.36. The number of nitrogens with zero attached hydrogens (tertiary/aromatic N) is 2. The minimum atomic E-state index is -0.0948. The van der Waals surface area contributed by atoms with Crippen molar-refractivity contribution in [2.24, 2.45) is 0 Å². The Kier molecular flexibility index (Phi) is 6.34. The van der Waals surface area contributed by atoms with E-state index >= 15 is 0 Å². The maximum absolute atomic E-state index is 12.5. The van der Waals surface area contributed by atoms with Gasteiger partial charge >= 0.3 is 0 Å². The van der Waals surface area contributed by atoms with Gasteiger partial charge in [-0.15, -0.1) is 0 Å². The molecule has 2 amide bonds. The predicted molar refractivity (Wildman–Crippen MR) is 114 cm³/mol. The summed E-state index contributed by atoms with van der Waals surface area (Å²) in [6.45, 7) is 9.23. The molecule has 0 aliphatic carbocycles. The van der Waals surface area contributed by atoms with Crippen LogP contribution in [0.4, 0.5) is 11.4 Å². The van der Waals surface area contributed by atoms with Crippen molar-refractivity contribution in [3.63, 3.8) is 0 Å². The van der Waals surface area contributed by atoms with Crippen LogP contribution in [0.25, 0.3) is 0 Å². The van der Waals surface area contributed by atoms with Crippen LogP contribution >= 0.6 is 0 Å². The molecule has 0 unspecified atom stereocenters. The normalized spacial score (nSPS) is 14.1. The van der Waals surface area contributed by atoms with E-state index in [9.17, 15) is 9.59 Å². The number of rotatable bonds is 5. The number of hydrogen-bond acceptors (Lipinski definition) is 3. The molecule has 1 heterocycles. The number of carbonyl (C=O) groups is 2. The molecular weight excluding hydrogens is 350 g/mol. The van der Waals surface area contributed by atoms with Gasteiger partial charge in [0, 0.05) is 49.5 Å². The molecule has 1 aliphatic rings. The molecule has 1 aliphatic heterocycles. The first-order valence-electron chi connectivity index (χ1n) is 9.98. The van der Waals surface area contributed by atoms with Gasteiger partial charge in [-0.25, -0.2) is 0 Å². The SMILES string of the molecule is CCCC(=O)N1CCN(c2ccc(NC(=O)c3cc(C)cc(C)c3)cc2)CC1. The zero-order valence-electron chi connectivity index (χ0n) is 17.0. The van der Waals surface area contributed by atoms with E-state index in [0.29, 0.717) is 12.0 Å². The molecule has 3 rings (SSSR count). The third-order valence-corrected chi connectivity index (χ3v) is 5.07. The van der Waals surface area contributed by atoms with Crippen LogP contribution in [0.5, 0.6) is 0 Å². The minimum absolute atomic E-state index is 0.0948. The fraction of sp³-hybridized carbons (Fsp3) is 0.391. The number of benzene rings is 2. The van der Waals surface area contributed by atoms with Gasteiger partial charge in [-0.1, -0.05) is 24.1 Å². The fourth-order valence-corrected chi connectivity index (χ4v) is 3.65. The van der Waals surface area contributed by atoms with Crippen molar-refractivity contribution < 1.29 is 9.59 Å². The summed E-state index contributed by atoms with van der Waals surface area (Å²) in [4.78, 5) is 28.8. The van der Waals surface area contributed by atoms with E-state index in [1.807, 2.05) is 62.1 Å². The molecular formula is C23H29N3O2. The lowest BCUT2D eigenvalue weighted by Crippen LogP contribution is -2.48. The van der Waals surface area contributed by atoms with E-state index in [1.165, 1.54) is 0 Å². The number of carbonyl (C=O) groups excluding carboxylic acids is 2. The third kappa shape index (κ3) is 4.91. The number of aryl methyl sites for hydroxylation is 2. The van der Waals surface area contributed by atoms with Crippen LogP contribution in [-0.2, 0) is 4.79 Å². The molecule has 0 atom stereocenters. The average Bonchev–Trinajstić information content (AvgIpc) is 2.68. The van der Waals surface area contributed by atoms with Gasteiger partial charge in [0.25, 0.3) is 5.91 Å². The maximum atomic E-state index is 12.5. The first-order chi connectivity index (χ1) is 13.5. The molecule has 148 valence electrons. The summed E-state index contributed by atoms with van der Waals surface area (Å²) in [5.74, 6) is 0.161. The zero-order valence-corrected chi connectivity index (χ0v) is 17.0. The zero-order chi connectivity index (χ0) is 20.1. The summed E-state index contributed by atoms with van der Waals surface area (Å²) >= 11 is 0. The highest BCUT2D eigenvalue weighted by Gasteiger charge is 2.20. The smallest absolute Gasteiger partial charge is 0.255 e.